The molecule has 0 aliphatic carbocycles. The van der Waals surface area contributed by atoms with E-state index in [1.54, 1.807) is 6.33 Å². The molecule has 0 amide bonds. The number of nitrogens with one attached hydrogen (secondary N) is 2. The molecule has 2 aliphatic rings. The SMILES string of the molecule is O=C(c1cccc2[nH]cnc12)[C@@H]1OC2(CCNCC2)c2ccccc21. The maximum atomic E-state index is 13.4. The highest BCUT2D eigenvalue weighted by Crippen LogP contribution is 2.49. The van der Waals surface area contributed by atoms with Gasteiger partial charge in [-0.05, 0) is 49.2 Å². The molecule has 0 unspecified atom stereocenters. The van der Waals surface area contributed by atoms with Gasteiger partial charge in [0, 0.05) is 5.56 Å². The van der Waals surface area contributed by atoms with Crippen LogP contribution in [0.25, 0.3) is 11.0 Å². The Bertz CT molecular complexity index is 956. The molecule has 5 nitrogen and oxygen atoms in total. The van der Waals surface area contributed by atoms with Gasteiger partial charge >= 0.3 is 0 Å². The summed E-state index contributed by atoms with van der Waals surface area (Å²) >= 11 is 0. The van der Waals surface area contributed by atoms with E-state index < -0.39 is 6.10 Å². The van der Waals surface area contributed by atoms with Crippen LogP contribution < -0.4 is 5.32 Å². The minimum atomic E-state index is -0.559. The largest absolute Gasteiger partial charge is 0.354 e. The van der Waals surface area contributed by atoms with Gasteiger partial charge in [-0.3, -0.25) is 4.79 Å². The first-order valence-corrected chi connectivity index (χ1v) is 8.73. The summed E-state index contributed by atoms with van der Waals surface area (Å²) in [6.45, 7) is 1.81. The van der Waals surface area contributed by atoms with Gasteiger partial charge in [0.25, 0.3) is 0 Å². The second-order valence-corrected chi connectivity index (χ2v) is 6.80. The lowest BCUT2D eigenvalue weighted by molar-refractivity contribution is -0.0805. The molecule has 0 saturated carbocycles. The topological polar surface area (TPSA) is 67.0 Å². The molecule has 5 heteroatoms. The Balaban J connectivity index is 1.60. The van der Waals surface area contributed by atoms with Crippen molar-refractivity contribution in [3.8, 4) is 0 Å². The third-order valence-corrected chi connectivity index (χ3v) is 5.44. The van der Waals surface area contributed by atoms with E-state index in [9.17, 15) is 4.79 Å². The fourth-order valence-corrected chi connectivity index (χ4v) is 4.21. The van der Waals surface area contributed by atoms with Gasteiger partial charge in [-0.1, -0.05) is 30.3 Å². The molecule has 1 saturated heterocycles. The molecule has 3 aromatic rings. The molecule has 2 N–H and O–H groups in total. The minimum Gasteiger partial charge on any atom is -0.354 e. The fraction of sp³-hybridized carbons (Fsp3) is 0.300. The van der Waals surface area contributed by atoms with Crippen molar-refractivity contribution in [1.82, 2.24) is 15.3 Å². The number of nitrogens with zero attached hydrogens (tertiary/aromatic N) is 1. The molecule has 0 radical (unpaired) electrons. The predicted molar refractivity (Wildman–Crippen MR) is 94.5 cm³/mol. The van der Waals surface area contributed by atoms with Crippen LogP contribution in [-0.4, -0.2) is 28.8 Å². The first-order valence-electron chi connectivity index (χ1n) is 8.73. The van der Waals surface area contributed by atoms with Crippen molar-refractivity contribution < 1.29 is 9.53 Å². The van der Waals surface area contributed by atoms with Crippen LogP contribution in [-0.2, 0) is 10.3 Å². The van der Waals surface area contributed by atoms with Crippen molar-refractivity contribution in [3.05, 3.63) is 65.5 Å². The molecule has 1 atom stereocenters. The minimum absolute atomic E-state index is 0.0134. The van der Waals surface area contributed by atoms with Crippen LogP contribution in [0, 0.1) is 0 Å². The van der Waals surface area contributed by atoms with Gasteiger partial charge in [0.05, 0.1) is 23.0 Å². The summed E-state index contributed by atoms with van der Waals surface area (Å²) in [5.74, 6) is -0.0134. The lowest BCUT2D eigenvalue weighted by Crippen LogP contribution is -2.40. The average Bonchev–Trinajstić information content (AvgIpc) is 3.26. The summed E-state index contributed by atoms with van der Waals surface area (Å²) in [6.07, 6.45) is 2.84. The normalized spacial score (nSPS) is 21.5. The lowest BCUT2D eigenvalue weighted by Gasteiger charge is -2.34. The monoisotopic (exact) mass is 333 g/mol. The molecule has 25 heavy (non-hydrogen) atoms. The summed E-state index contributed by atoms with van der Waals surface area (Å²) < 4.78 is 6.47. The van der Waals surface area contributed by atoms with Gasteiger partial charge in [0.1, 0.15) is 6.10 Å². The first kappa shape index (κ1) is 14.8. The number of para-hydroxylation sites is 1. The first-order chi connectivity index (χ1) is 12.3. The van der Waals surface area contributed by atoms with Gasteiger partial charge < -0.3 is 15.0 Å². The molecule has 1 spiro atoms. The second kappa shape index (κ2) is 5.51. The van der Waals surface area contributed by atoms with Gasteiger partial charge in [-0.15, -0.1) is 0 Å². The average molecular weight is 333 g/mol. The number of aromatic nitrogens is 2. The van der Waals surface area contributed by atoms with Crippen molar-refractivity contribution in [2.24, 2.45) is 0 Å². The van der Waals surface area contributed by atoms with E-state index in [2.05, 4.69) is 21.4 Å². The number of carbonyl (C=O) groups excluding carboxylic acids is 1. The van der Waals surface area contributed by atoms with Crippen LogP contribution >= 0.6 is 0 Å². The Morgan fingerprint density at radius 3 is 2.84 bits per heavy atom. The van der Waals surface area contributed by atoms with Crippen molar-refractivity contribution >= 4 is 16.8 Å². The highest BCUT2D eigenvalue weighted by molar-refractivity contribution is 6.09. The van der Waals surface area contributed by atoms with Gasteiger partial charge in [0.15, 0.2) is 5.78 Å². The summed E-state index contributed by atoms with van der Waals surface area (Å²) in [5.41, 5.74) is 4.02. The number of Topliss-reactive ketones (excluding diaryl/α,β-unsaturated/α-hetero) is 1. The van der Waals surface area contributed by atoms with E-state index in [0.717, 1.165) is 37.0 Å². The third-order valence-electron chi connectivity index (χ3n) is 5.44. The molecule has 5 rings (SSSR count). The highest BCUT2D eigenvalue weighted by Gasteiger charge is 2.47. The Morgan fingerprint density at radius 1 is 1.12 bits per heavy atom. The number of ketones is 1. The number of rotatable bonds is 2. The quantitative estimate of drug-likeness (QED) is 0.707. The van der Waals surface area contributed by atoms with Gasteiger partial charge in [-0.25, -0.2) is 4.98 Å². The Hall–Kier alpha value is -2.50. The molecule has 126 valence electrons. The number of hydrogen-bond donors (Lipinski definition) is 2. The van der Waals surface area contributed by atoms with Gasteiger partial charge in [-0.2, -0.15) is 0 Å². The van der Waals surface area contributed by atoms with Crippen molar-refractivity contribution in [1.29, 1.82) is 0 Å². The number of fused-ring (bicyclic) bond motifs is 3. The zero-order chi connectivity index (χ0) is 16.9. The number of imidazole rings is 1. The van der Waals surface area contributed by atoms with Crippen LogP contribution in [0.5, 0.6) is 0 Å². The van der Waals surface area contributed by atoms with Gasteiger partial charge in [0.2, 0.25) is 0 Å². The number of ether oxygens (including phenoxy) is 1. The molecule has 3 heterocycles. The predicted octanol–water partition coefficient (Wildman–Crippen LogP) is 3.10. The summed E-state index contributed by atoms with van der Waals surface area (Å²) in [4.78, 5) is 20.8. The smallest absolute Gasteiger partial charge is 0.198 e. The number of benzene rings is 2. The molecular formula is C20H19N3O2. The molecule has 2 aromatic carbocycles. The Morgan fingerprint density at radius 2 is 1.96 bits per heavy atom. The van der Waals surface area contributed by atoms with Crippen molar-refractivity contribution in [2.75, 3.05) is 13.1 Å². The molecule has 2 aliphatic heterocycles. The van der Waals surface area contributed by atoms with Crippen LogP contribution in [0.2, 0.25) is 0 Å². The van der Waals surface area contributed by atoms with E-state index in [4.69, 9.17) is 4.74 Å². The molecule has 1 fully saturated rings. The number of carbonyl (C=O) groups is 1. The van der Waals surface area contributed by atoms with E-state index in [0.29, 0.717) is 11.1 Å². The zero-order valence-electron chi connectivity index (χ0n) is 13.8. The van der Waals surface area contributed by atoms with Crippen molar-refractivity contribution in [3.63, 3.8) is 0 Å². The Labute approximate surface area is 145 Å². The summed E-state index contributed by atoms with van der Waals surface area (Å²) in [6, 6.07) is 13.8. The standard InChI is InChI=1S/C20H19N3O2/c24-18(14-5-3-7-16-17(14)23-12-22-16)19-13-4-1-2-6-15(13)20(25-19)8-10-21-11-9-20/h1-7,12,19,21H,8-11H2,(H,22,23)/t19-/m1/s1. The number of hydrogen-bond acceptors (Lipinski definition) is 4. The number of piperidine rings is 1. The maximum Gasteiger partial charge on any atom is 0.198 e. The second-order valence-electron chi connectivity index (χ2n) is 6.80. The summed E-state index contributed by atoms with van der Waals surface area (Å²) in [5, 5.41) is 3.38. The van der Waals surface area contributed by atoms with Crippen LogP contribution in [0.4, 0.5) is 0 Å². The highest BCUT2D eigenvalue weighted by atomic mass is 16.5. The fourth-order valence-electron chi connectivity index (χ4n) is 4.21. The zero-order valence-corrected chi connectivity index (χ0v) is 13.8. The van der Waals surface area contributed by atoms with E-state index in [1.165, 1.54) is 5.56 Å². The van der Waals surface area contributed by atoms with Crippen molar-refractivity contribution in [2.45, 2.75) is 24.5 Å². The summed E-state index contributed by atoms with van der Waals surface area (Å²) in [7, 11) is 0. The molecular weight excluding hydrogens is 314 g/mol. The van der Waals surface area contributed by atoms with Crippen LogP contribution in [0.15, 0.2) is 48.8 Å². The maximum absolute atomic E-state index is 13.4. The lowest BCUT2D eigenvalue weighted by atomic mass is 9.84. The van der Waals surface area contributed by atoms with E-state index in [-0.39, 0.29) is 11.4 Å². The van der Waals surface area contributed by atoms with E-state index in [1.807, 2.05) is 36.4 Å². The van der Waals surface area contributed by atoms with Crippen LogP contribution in [0.3, 0.4) is 0 Å². The molecule has 1 aromatic heterocycles. The van der Waals surface area contributed by atoms with Crippen LogP contribution in [0.1, 0.15) is 40.4 Å². The number of aromatic amines is 1. The number of H-pyrrole nitrogens is 1. The van der Waals surface area contributed by atoms with E-state index >= 15 is 0 Å². The Kier molecular flexibility index (Phi) is 3.26. The third kappa shape index (κ3) is 2.16. The molecule has 0 bridgehead atoms.